The van der Waals surface area contributed by atoms with E-state index in [1.54, 1.807) is 30.3 Å². The van der Waals surface area contributed by atoms with Crippen LogP contribution in [0.25, 0.3) is 0 Å². The zero-order valence-electron chi connectivity index (χ0n) is 21.8. The van der Waals surface area contributed by atoms with Crippen molar-refractivity contribution in [3.8, 4) is 11.8 Å². The molecule has 0 unspecified atom stereocenters. The van der Waals surface area contributed by atoms with Gasteiger partial charge in [0.05, 0.1) is 23.9 Å². The molecular formula is C29H31F2N5O2S. The highest BCUT2D eigenvalue weighted by Crippen LogP contribution is 2.52. The van der Waals surface area contributed by atoms with Gasteiger partial charge in [-0.05, 0) is 68.2 Å². The van der Waals surface area contributed by atoms with Crippen molar-refractivity contribution in [2.75, 3.05) is 17.2 Å². The zero-order valence-corrected chi connectivity index (χ0v) is 22.6. The van der Waals surface area contributed by atoms with Crippen LogP contribution in [-0.4, -0.2) is 33.0 Å². The Kier molecular flexibility index (Phi) is 8.46. The predicted molar refractivity (Wildman–Crippen MR) is 144 cm³/mol. The number of fused-ring (bicyclic) bond motifs is 2. The molecule has 0 aliphatic heterocycles. The molecule has 5 rings (SSSR count). The Morgan fingerprint density at radius 2 is 1.92 bits per heavy atom. The molecule has 39 heavy (non-hydrogen) atoms. The van der Waals surface area contributed by atoms with Crippen LogP contribution >= 0.6 is 11.8 Å². The highest BCUT2D eigenvalue weighted by atomic mass is 32.2. The van der Waals surface area contributed by atoms with Crippen LogP contribution in [0, 0.1) is 40.7 Å². The first-order chi connectivity index (χ1) is 19.0. The average Bonchev–Trinajstić information content (AvgIpc) is 3.68. The minimum absolute atomic E-state index is 0.00446. The monoisotopic (exact) mass is 551 g/mol. The van der Waals surface area contributed by atoms with Gasteiger partial charge >= 0.3 is 0 Å². The highest BCUT2D eigenvalue weighted by molar-refractivity contribution is 7.99. The van der Waals surface area contributed by atoms with Gasteiger partial charge in [-0.25, -0.2) is 8.78 Å². The third-order valence-corrected chi connectivity index (χ3v) is 8.89. The fraction of sp³-hybridized carbons (Fsp3) is 0.448. The number of nitriles is 1. The van der Waals surface area contributed by atoms with Crippen LogP contribution < -0.4 is 9.64 Å². The van der Waals surface area contributed by atoms with Crippen molar-refractivity contribution in [2.24, 2.45) is 17.8 Å². The van der Waals surface area contributed by atoms with Crippen molar-refractivity contribution < 1.29 is 18.3 Å². The molecule has 2 aliphatic carbocycles. The van der Waals surface area contributed by atoms with Crippen molar-refractivity contribution in [3.05, 3.63) is 66.0 Å². The maximum atomic E-state index is 14.5. The number of benzene rings is 2. The van der Waals surface area contributed by atoms with Gasteiger partial charge < -0.3 is 9.64 Å². The molecule has 0 radical (unpaired) electrons. The number of nitrogens with zero attached hydrogens (tertiary/aromatic N) is 5. The Balaban J connectivity index is 1.37. The maximum Gasteiger partial charge on any atom is 0.237 e. The van der Waals surface area contributed by atoms with Gasteiger partial charge in [-0.3, -0.25) is 9.36 Å². The van der Waals surface area contributed by atoms with Crippen LogP contribution in [-0.2, 0) is 11.4 Å². The number of amides is 1. The number of thioether (sulfide) groups is 1. The summed E-state index contributed by atoms with van der Waals surface area (Å²) in [5.74, 6) is 1.28. The first-order valence-corrected chi connectivity index (χ1v) is 14.3. The van der Waals surface area contributed by atoms with E-state index in [0.717, 1.165) is 12.3 Å². The normalized spacial score (nSPS) is 20.5. The lowest BCUT2D eigenvalue weighted by Gasteiger charge is -2.30. The summed E-state index contributed by atoms with van der Waals surface area (Å²) in [4.78, 5) is 14.6. The lowest BCUT2D eigenvalue weighted by Crippen LogP contribution is -2.34. The number of hydrogen-bond acceptors (Lipinski definition) is 6. The van der Waals surface area contributed by atoms with Gasteiger partial charge in [0.25, 0.3) is 0 Å². The number of anilines is 1. The molecule has 10 heteroatoms. The summed E-state index contributed by atoms with van der Waals surface area (Å²) < 4.78 is 36.5. The van der Waals surface area contributed by atoms with E-state index in [-0.39, 0.29) is 48.7 Å². The van der Waals surface area contributed by atoms with Crippen LogP contribution in [0.3, 0.4) is 0 Å². The summed E-state index contributed by atoms with van der Waals surface area (Å²) in [6, 6.07) is 14.4. The van der Waals surface area contributed by atoms with Crippen molar-refractivity contribution >= 4 is 23.4 Å². The predicted octanol–water partition coefficient (Wildman–Crippen LogP) is 6.17. The maximum absolute atomic E-state index is 14.5. The number of aromatic nitrogens is 3. The van der Waals surface area contributed by atoms with E-state index in [2.05, 4.69) is 17.1 Å². The first-order valence-electron chi connectivity index (χ1n) is 13.3. The molecule has 2 aromatic carbocycles. The number of para-hydroxylation sites is 2. The first kappa shape index (κ1) is 27.1. The molecule has 2 fully saturated rings. The van der Waals surface area contributed by atoms with Gasteiger partial charge in [0.15, 0.2) is 22.5 Å². The molecule has 0 spiro atoms. The SMILES string of the molecule is C[C@@H]([C@@H]1C[C@@H]2CC[C@@H]1C2)n1c(COc2ccccc2F)nnc1SCC(=O)N(CCC#N)c1ccccc1F. The topological polar surface area (TPSA) is 84.0 Å². The number of halogens is 2. The molecule has 2 saturated carbocycles. The molecule has 0 N–H and O–H groups in total. The van der Waals surface area contributed by atoms with Crippen LogP contribution in [0.4, 0.5) is 14.5 Å². The summed E-state index contributed by atoms with van der Waals surface area (Å²) in [5, 5.41) is 18.4. The Bertz CT molecular complexity index is 1360. The molecule has 1 amide bonds. The molecule has 1 aromatic heterocycles. The highest BCUT2D eigenvalue weighted by Gasteiger charge is 2.43. The zero-order chi connectivity index (χ0) is 27.4. The lowest BCUT2D eigenvalue weighted by atomic mass is 9.84. The molecule has 4 atom stereocenters. The second-order valence-corrected chi connectivity index (χ2v) is 11.2. The van der Waals surface area contributed by atoms with E-state index in [1.165, 1.54) is 54.1 Å². The molecule has 2 bridgehead atoms. The lowest BCUT2D eigenvalue weighted by molar-refractivity contribution is -0.116. The number of hydrogen-bond donors (Lipinski definition) is 0. The van der Waals surface area contributed by atoms with Gasteiger partial charge in [0.1, 0.15) is 12.4 Å². The van der Waals surface area contributed by atoms with Gasteiger partial charge in [0, 0.05) is 12.6 Å². The fourth-order valence-electron chi connectivity index (χ4n) is 6.11. The molecular weight excluding hydrogens is 520 g/mol. The second-order valence-electron chi connectivity index (χ2n) is 10.3. The third kappa shape index (κ3) is 5.93. The smallest absolute Gasteiger partial charge is 0.237 e. The van der Waals surface area contributed by atoms with Crippen LogP contribution in [0.1, 0.15) is 50.9 Å². The van der Waals surface area contributed by atoms with Gasteiger partial charge in [-0.1, -0.05) is 42.4 Å². The third-order valence-electron chi connectivity index (χ3n) is 7.96. The molecule has 1 heterocycles. The van der Waals surface area contributed by atoms with Crippen LogP contribution in [0.5, 0.6) is 5.75 Å². The molecule has 3 aromatic rings. The van der Waals surface area contributed by atoms with E-state index in [4.69, 9.17) is 10.00 Å². The van der Waals surface area contributed by atoms with E-state index in [0.29, 0.717) is 22.8 Å². The van der Waals surface area contributed by atoms with Crippen LogP contribution in [0.2, 0.25) is 0 Å². The van der Waals surface area contributed by atoms with Gasteiger partial charge in [-0.15, -0.1) is 10.2 Å². The van der Waals surface area contributed by atoms with Crippen molar-refractivity contribution in [3.63, 3.8) is 0 Å². The van der Waals surface area contributed by atoms with Crippen molar-refractivity contribution in [1.82, 2.24) is 14.8 Å². The largest absolute Gasteiger partial charge is 0.483 e. The number of carbonyl (C=O) groups is 1. The molecule has 0 saturated heterocycles. The summed E-state index contributed by atoms with van der Waals surface area (Å²) in [6.07, 6.45) is 4.98. The average molecular weight is 552 g/mol. The Labute approximate surface area is 231 Å². The summed E-state index contributed by atoms with van der Waals surface area (Å²) in [6.45, 7) is 2.29. The Morgan fingerprint density at radius 1 is 1.15 bits per heavy atom. The summed E-state index contributed by atoms with van der Waals surface area (Å²) >= 11 is 1.23. The standard InChI is InChI=1S/C29H31F2N5O2S/c1-19(22-16-20-11-12-21(22)15-20)36-27(17-38-26-10-5-3-8-24(26)31)33-34-29(36)39-18-28(37)35(14-6-13-32)25-9-4-2-7-23(25)30/h2-5,7-10,19-22H,6,11-12,14-18H2,1H3/t19-,20+,21+,22-/m0/s1. The van der Waals surface area contributed by atoms with Crippen LogP contribution in [0.15, 0.2) is 53.7 Å². The van der Waals surface area contributed by atoms with E-state index < -0.39 is 11.6 Å². The number of carbonyl (C=O) groups excluding carboxylic acids is 1. The summed E-state index contributed by atoms with van der Waals surface area (Å²) in [7, 11) is 0. The Morgan fingerprint density at radius 3 is 2.62 bits per heavy atom. The Hall–Kier alpha value is -3.45. The van der Waals surface area contributed by atoms with E-state index in [1.807, 2.05) is 10.6 Å². The summed E-state index contributed by atoms with van der Waals surface area (Å²) in [5.41, 5.74) is 0.147. The van der Waals surface area contributed by atoms with Crippen molar-refractivity contribution in [2.45, 2.75) is 56.8 Å². The van der Waals surface area contributed by atoms with Gasteiger partial charge in [-0.2, -0.15) is 5.26 Å². The minimum atomic E-state index is -0.519. The molecule has 7 nitrogen and oxygen atoms in total. The molecule has 204 valence electrons. The number of rotatable bonds is 11. The quantitative estimate of drug-likeness (QED) is 0.265. The fourth-order valence-corrected chi connectivity index (χ4v) is 7.03. The molecule has 2 aliphatic rings. The van der Waals surface area contributed by atoms with E-state index >= 15 is 0 Å². The second kappa shape index (κ2) is 12.2. The van der Waals surface area contributed by atoms with Crippen molar-refractivity contribution in [1.29, 1.82) is 5.26 Å². The minimum Gasteiger partial charge on any atom is -0.483 e. The number of ether oxygens (including phenoxy) is 1. The van der Waals surface area contributed by atoms with Gasteiger partial charge in [0.2, 0.25) is 5.91 Å². The van der Waals surface area contributed by atoms with E-state index in [9.17, 15) is 13.6 Å².